The number of urea groups is 1. The van der Waals surface area contributed by atoms with Gasteiger partial charge in [0.1, 0.15) is 17.7 Å². The summed E-state index contributed by atoms with van der Waals surface area (Å²) in [5, 5.41) is 22.7. The molecule has 1 saturated heterocycles. The molecule has 2 N–H and O–H groups in total. The maximum absolute atomic E-state index is 13.2. The maximum Gasteiger partial charge on any atom is 0.328 e. The first kappa shape index (κ1) is 23.9. The molecule has 2 amide bonds. The Morgan fingerprint density at radius 3 is 2.68 bits per heavy atom. The minimum atomic E-state index is -0.703. The highest BCUT2D eigenvalue weighted by molar-refractivity contribution is 6.01. The summed E-state index contributed by atoms with van der Waals surface area (Å²) < 4.78 is 10.6. The lowest BCUT2D eigenvalue weighted by atomic mass is 9.93. The second-order valence-electron chi connectivity index (χ2n) is 8.89. The van der Waals surface area contributed by atoms with Crippen LogP contribution in [0.4, 0.5) is 22.1 Å². The summed E-state index contributed by atoms with van der Waals surface area (Å²) in [6.07, 6.45) is 3.70. The highest BCUT2D eigenvalue weighted by Gasteiger charge is 2.29. The van der Waals surface area contributed by atoms with E-state index in [1.54, 1.807) is 11.0 Å². The Kier molecular flexibility index (Phi) is 6.97. The number of amides is 2. The van der Waals surface area contributed by atoms with Gasteiger partial charge in [0.15, 0.2) is 0 Å². The van der Waals surface area contributed by atoms with Crippen molar-refractivity contribution in [1.82, 2.24) is 9.97 Å². The Morgan fingerprint density at radius 1 is 1.26 bits per heavy atom. The molecule has 0 radical (unpaired) electrons. The number of fused-ring (bicyclic) bond motifs is 1. The van der Waals surface area contributed by atoms with Gasteiger partial charge in [0, 0.05) is 46.1 Å². The Morgan fingerprint density at radius 2 is 2.00 bits per heavy atom. The van der Waals surface area contributed by atoms with Crippen LogP contribution in [-0.2, 0) is 15.9 Å². The van der Waals surface area contributed by atoms with Crippen LogP contribution in [0.1, 0.15) is 49.3 Å². The zero-order valence-electron chi connectivity index (χ0n) is 19.7. The number of ether oxygens (including phenoxy) is 2. The summed E-state index contributed by atoms with van der Waals surface area (Å²) in [6, 6.07) is 7.35. The molecule has 4 heterocycles. The molecule has 180 valence electrons. The van der Waals surface area contributed by atoms with Gasteiger partial charge < -0.3 is 19.5 Å². The largest absolute Gasteiger partial charge is 0.390 e. The van der Waals surface area contributed by atoms with Crippen LogP contribution in [0.5, 0.6) is 0 Å². The number of aromatic nitrogens is 2. The third-order valence-electron chi connectivity index (χ3n) is 6.39. The molecule has 0 bridgehead atoms. The number of rotatable bonds is 5. The fourth-order valence-electron chi connectivity index (χ4n) is 4.39. The fourth-order valence-corrected chi connectivity index (χ4v) is 4.39. The Balaban J connectivity index is 1.56. The molecule has 0 aromatic carbocycles. The average molecular weight is 467 g/mol. The Bertz CT molecular complexity index is 1090. The number of nitrogens with zero attached hydrogens (tertiary/aromatic N) is 5. The van der Waals surface area contributed by atoms with Crippen molar-refractivity contribution >= 4 is 23.4 Å². The lowest BCUT2D eigenvalue weighted by molar-refractivity contribution is -0.108. The SMILES string of the molecule is COC(OC)c1ccc2c(n1)N(C(=O)Nc1cc(N3CCC(C)(O)CC3)c(C#N)cn1)CCC2. The van der Waals surface area contributed by atoms with Crippen LogP contribution in [0, 0.1) is 11.3 Å². The van der Waals surface area contributed by atoms with Crippen molar-refractivity contribution in [3.63, 3.8) is 0 Å². The zero-order valence-corrected chi connectivity index (χ0v) is 19.7. The summed E-state index contributed by atoms with van der Waals surface area (Å²) in [5.74, 6) is 0.929. The van der Waals surface area contributed by atoms with E-state index >= 15 is 0 Å². The normalized spacial score (nSPS) is 17.3. The van der Waals surface area contributed by atoms with E-state index < -0.39 is 11.9 Å². The van der Waals surface area contributed by atoms with Gasteiger partial charge in [-0.2, -0.15) is 5.26 Å². The van der Waals surface area contributed by atoms with E-state index in [9.17, 15) is 15.2 Å². The Labute approximate surface area is 199 Å². The number of carbonyl (C=O) groups excluding carboxylic acids is 1. The van der Waals surface area contributed by atoms with E-state index in [1.165, 1.54) is 20.4 Å². The third-order valence-corrected chi connectivity index (χ3v) is 6.39. The number of aryl methyl sites for hydroxylation is 1. The molecule has 2 aliphatic rings. The quantitative estimate of drug-likeness (QED) is 0.645. The second-order valence-corrected chi connectivity index (χ2v) is 8.89. The van der Waals surface area contributed by atoms with Crippen molar-refractivity contribution in [2.24, 2.45) is 0 Å². The van der Waals surface area contributed by atoms with Crippen LogP contribution in [-0.4, -0.2) is 60.6 Å². The molecule has 10 nitrogen and oxygen atoms in total. The van der Waals surface area contributed by atoms with Crippen molar-refractivity contribution < 1.29 is 19.4 Å². The standard InChI is InChI=1S/C24H30N6O4/c1-24(32)8-11-29(12-9-24)19-13-20(26-15-17(19)14-25)28-23(31)30-10-4-5-16-6-7-18(27-21(16)30)22(33-2)34-3/h6-7,13,15,22,32H,4-5,8-12H2,1-3H3,(H,26,28,31). The van der Waals surface area contributed by atoms with Crippen molar-refractivity contribution in [2.45, 2.75) is 44.5 Å². The van der Waals surface area contributed by atoms with Crippen molar-refractivity contribution in [3.8, 4) is 6.07 Å². The van der Waals surface area contributed by atoms with E-state index in [4.69, 9.17) is 9.47 Å². The summed E-state index contributed by atoms with van der Waals surface area (Å²) in [5.41, 5.74) is 1.99. The van der Waals surface area contributed by atoms with Gasteiger partial charge in [0.05, 0.1) is 22.5 Å². The number of anilines is 3. The number of methoxy groups -OCH3 is 2. The highest BCUT2D eigenvalue weighted by atomic mass is 16.7. The molecule has 2 aromatic heterocycles. The van der Waals surface area contributed by atoms with Gasteiger partial charge in [-0.05, 0) is 44.2 Å². The van der Waals surface area contributed by atoms with E-state index in [-0.39, 0.29) is 6.03 Å². The number of piperidine rings is 1. The van der Waals surface area contributed by atoms with E-state index in [0.29, 0.717) is 61.1 Å². The molecule has 0 unspecified atom stereocenters. The van der Waals surface area contributed by atoms with Gasteiger partial charge >= 0.3 is 6.03 Å². The number of nitriles is 1. The first-order valence-electron chi connectivity index (χ1n) is 11.4. The number of hydrogen-bond acceptors (Lipinski definition) is 8. The monoisotopic (exact) mass is 466 g/mol. The number of nitrogens with one attached hydrogen (secondary N) is 1. The van der Waals surface area contributed by atoms with Gasteiger partial charge in [-0.25, -0.2) is 14.8 Å². The molecule has 2 aliphatic heterocycles. The lowest BCUT2D eigenvalue weighted by Gasteiger charge is -2.37. The maximum atomic E-state index is 13.2. The molecule has 0 aliphatic carbocycles. The van der Waals surface area contributed by atoms with Gasteiger partial charge in [-0.1, -0.05) is 6.07 Å². The van der Waals surface area contributed by atoms with Crippen molar-refractivity contribution in [3.05, 3.63) is 41.2 Å². The first-order valence-corrected chi connectivity index (χ1v) is 11.4. The summed E-state index contributed by atoms with van der Waals surface area (Å²) in [6.45, 7) is 3.58. The van der Waals surface area contributed by atoms with E-state index in [1.807, 2.05) is 24.0 Å². The van der Waals surface area contributed by atoms with Crippen LogP contribution in [0.25, 0.3) is 0 Å². The Hall–Kier alpha value is -3.26. The van der Waals surface area contributed by atoms with Gasteiger partial charge in [0.2, 0.25) is 6.29 Å². The molecule has 2 aromatic rings. The highest BCUT2D eigenvalue weighted by Crippen LogP contribution is 2.31. The molecule has 0 saturated carbocycles. The number of pyridine rings is 2. The molecular weight excluding hydrogens is 436 g/mol. The second kappa shape index (κ2) is 9.93. The minimum Gasteiger partial charge on any atom is -0.390 e. The van der Waals surface area contributed by atoms with E-state index in [0.717, 1.165) is 18.4 Å². The first-order chi connectivity index (χ1) is 16.3. The van der Waals surface area contributed by atoms with Crippen LogP contribution in [0.2, 0.25) is 0 Å². The molecule has 0 spiro atoms. The molecule has 1 fully saturated rings. The summed E-state index contributed by atoms with van der Waals surface area (Å²) in [7, 11) is 3.08. The number of carbonyl (C=O) groups is 1. The number of hydrogen-bond donors (Lipinski definition) is 2. The molecule has 10 heteroatoms. The van der Waals surface area contributed by atoms with E-state index in [2.05, 4.69) is 21.4 Å². The molecule has 4 rings (SSSR count). The fraction of sp³-hybridized carbons (Fsp3) is 0.500. The van der Waals surface area contributed by atoms with Crippen LogP contribution < -0.4 is 15.1 Å². The van der Waals surface area contributed by atoms with Gasteiger partial charge in [0.25, 0.3) is 0 Å². The minimum absolute atomic E-state index is 0.346. The van der Waals surface area contributed by atoms with Crippen LogP contribution in [0.3, 0.4) is 0 Å². The zero-order chi connectivity index (χ0) is 24.3. The average Bonchev–Trinajstić information content (AvgIpc) is 2.84. The third kappa shape index (κ3) is 4.97. The summed E-state index contributed by atoms with van der Waals surface area (Å²) >= 11 is 0. The topological polar surface area (TPSA) is 124 Å². The lowest BCUT2D eigenvalue weighted by Crippen LogP contribution is -2.43. The van der Waals surface area contributed by atoms with Crippen LogP contribution in [0.15, 0.2) is 24.4 Å². The summed E-state index contributed by atoms with van der Waals surface area (Å²) in [4.78, 5) is 25.8. The van der Waals surface area contributed by atoms with Crippen molar-refractivity contribution in [1.29, 1.82) is 5.26 Å². The van der Waals surface area contributed by atoms with Crippen molar-refractivity contribution in [2.75, 3.05) is 49.0 Å². The number of aliphatic hydroxyl groups is 1. The van der Waals surface area contributed by atoms with Crippen LogP contribution >= 0.6 is 0 Å². The van der Waals surface area contributed by atoms with Gasteiger partial charge in [-0.3, -0.25) is 10.2 Å². The van der Waals surface area contributed by atoms with Gasteiger partial charge in [-0.15, -0.1) is 0 Å². The predicted octanol–water partition coefficient (Wildman–Crippen LogP) is 2.98. The molecule has 0 atom stereocenters. The molecule has 34 heavy (non-hydrogen) atoms. The molecular formula is C24H30N6O4. The smallest absolute Gasteiger partial charge is 0.328 e. The predicted molar refractivity (Wildman–Crippen MR) is 127 cm³/mol.